The zero-order chi connectivity index (χ0) is 27.0. The van der Waals surface area contributed by atoms with E-state index in [4.69, 9.17) is 4.74 Å². The van der Waals surface area contributed by atoms with E-state index in [2.05, 4.69) is 5.32 Å². The van der Waals surface area contributed by atoms with Gasteiger partial charge in [0.25, 0.3) is 5.91 Å². The number of carbonyl (C=O) groups is 4. The Balaban J connectivity index is 1.52. The maximum Gasteiger partial charge on any atom is 0.416 e. The number of nitrogens with one attached hydrogen (secondary N) is 1. The van der Waals surface area contributed by atoms with Crippen molar-refractivity contribution < 1.29 is 37.1 Å². The first kappa shape index (κ1) is 24.9. The van der Waals surface area contributed by atoms with E-state index in [1.807, 2.05) is 12.1 Å². The molecule has 6 nitrogen and oxygen atoms in total. The fourth-order valence-electron chi connectivity index (χ4n) is 4.44. The van der Waals surface area contributed by atoms with E-state index >= 15 is 0 Å². The number of rotatable bonds is 6. The third kappa shape index (κ3) is 4.66. The Morgan fingerprint density at radius 1 is 0.816 bits per heavy atom. The van der Waals surface area contributed by atoms with Gasteiger partial charge in [0.2, 0.25) is 5.78 Å². The Morgan fingerprint density at radius 2 is 1.53 bits per heavy atom. The number of fused-ring (bicyclic) bond motifs is 2. The molecular weight excluding hydrogens is 499 g/mol. The standard InChI is InChI=1S/C29H18F3NO5/c30-29(31,32)19-8-5-9-20(15-19)33-27(36)25(35)23(26-21-10-3-4-11-22(21)28(37)38-26)24(34)18-13-12-16-6-1-2-7-17(16)14-18/h1-15,23,26H,(H,33,36)/t23-,26+/m1/s1. The zero-order valence-electron chi connectivity index (χ0n) is 19.5. The van der Waals surface area contributed by atoms with Crippen LogP contribution in [-0.4, -0.2) is 23.4 Å². The summed E-state index contributed by atoms with van der Waals surface area (Å²) in [5.41, 5.74) is -0.782. The predicted octanol–water partition coefficient (Wildman–Crippen LogP) is 5.78. The first-order chi connectivity index (χ1) is 18.1. The Kier molecular flexibility index (Phi) is 6.28. The first-order valence-corrected chi connectivity index (χ1v) is 11.5. The van der Waals surface area contributed by atoms with Gasteiger partial charge in [-0.05, 0) is 41.1 Å². The van der Waals surface area contributed by atoms with Crippen LogP contribution in [0.4, 0.5) is 18.9 Å². The lowest BCUT2D eigenvalue weighted by molar-refractivity contribution is -0.138. The monoisotopic (exact) mass is 517 g/mol. The van der Waals surface area contributed by atoms with Crippen LogP contribution in [0.15, 0.2) is 91.0 Å². The maximum absolute atomic E-state index is 13.7. The Hall–Kier alpha value is -4.79. The van der Waals surface area contributed by atoms with Gasteiger partial charge in [-0.25, -0.2) is 4.79 Å². The van der Waals surface area contributed by atoms with Gasteiger partial charge in [-0.15, -0.1) is 0 Å². The minimum Gasteiger partial charge on any atom is -0.453 e. The van der Waals surface area contributed by atoms with E-state index in [0.29, 0.717) is 11.5 Å². The van der Waals surface area contributed by atoms with E-state index < -0.39 is 47.2 Å². The number of benzene rings is 4. The summed E-state index contributed by atoms with van der Waals surface area (Å²) in [5, 5.41) is 3.70. The van der Waals surface area contributed by atoms with Gasteiger partial charge >= 0.3 is 12.1 Å². The number of hydrogen-bond donors (Lipinski definition) is 1. The number of cyclic esters (lactones) is 1. The second kappa shape index (κ2) is 9.59. The molecule has 1 heterocycles. The second-order valence-electron chi connectivity index (χ2n) is 8.71. The van der Waals surface area contributed by atoms with Gasteiger partial charge in [-0.1, -0.05) is 60.7 Å². The predicted molar refractivity (Wildman–Crippen MR) is 131 cm³/mol. The Bertz CT molecular complexity index is 1610. The second-order valence-corrected chi connectivity index (χ2v) is 8.71. The van der Waals surface area contributed by atoms with Crippen LogP contribution in [0.25, 0.3) is 10.8 Å². The van der Waals surface area contributed by atoms with Crippen LogP contribution >= 0.6 is 0 Å². The Morgan fingerprint density at radius 3 is 2.29 bits per heavy atom. The quantitative estimate of drug-likeness (QED) is 0.152. The van der Waals surface area contributed by atoms with Crippen LogP contribution < -0.4 is 5.32 Å². The van der Waals surface area contributed by atoms with Crippen molar-refractivity contribution in [2.75, 3.05) is 5.32 Å². The lowest BCUT2D eigenvalue weighted by atomic mass is 9.84. The van der Waals surface area contributed by atoms with Crippen molar-refractivity contribution in [3.8, 4) is 0 Å². The first-order valence-electron chi connectivity index (χ1n) is 11.5. The molecule has 0 spiro atoms. The molecule has 38 heavy (non-hydrogen) atoms. The summed E-state index contributed by atoms with van der Waals surface area (Å²) in [6.45, 7) is 0. The Labute approximate surface area is 214 Å². The summed E-state index contributed by atoms with van der Waals surface area (Å²) in [5.74, 6) is -5.86. The number of halogens is 3. The maximum atomic E-state index is 13.7. The molecule has 0 saturated carbocycles. The van der Waals surface area contributed by atoms with Crippen molar-refractivity contribution >= 4 is 39.9 Å². The number of carbonyl (C=O) groups excluding carboxylic acids is 4. The number of ether oxygens (including phenoxy) is 1. The van der Waals surface area contributed by atoms with Gasteiger partial charge in [0, 0.05) is 16.8 Å². The number of anilines is 1. The average molecular weight is 517 g/mol. The van der Waals surface area contributed by atoms with E-state index in [0.717, 1.165) is 17.5 Å². The summed E-state index contributed by atoms with van der Waals surface area (Å²) >= 11 is 0. The van der Waals surface area contributed by atoms with Gasteiger partial charge in [0.1, 0.15) is 12.0 Å². The average Bonchev–Trinajstić information content (AvgIpc) is 3.24. The van der Waals surface area contributed by atoms with Crippen molar-refractivity contribution in [2.45, 2.75) is 12.3 Å². The largest absolute Gasteiger partial charge is 0.453 e. The molecule has 0 unspecified atom stereocenters. The molecular formula is C29H18F3NO5. The normalized spacial score (nSPS) is 15.4. The van der Waals surface area contributed by atoms with E-state index in [9.17, 15) is 32.3 Å². The fraction of sp³-hybridized carbons (Fsp3) is 0.103. The molecule has 5 rings (SSSR count). The van der Waals surface area contributed by atoms with Crippen LogP contribution in [-0.2, 0) is 20.5 Å². The zero-order valence-corrected chi connectivity index (χ0v) is 19.5. The van der Waals surface area contributed by atoms with Gasteiger partial charge in [-0.3, -0.25) is 14.4 Å². The summed E-state index contributed by atoms with van der Waals surface area (Å²) < 4.78 is 44.7. The van der Waals surface area contributed by atoms with Gasteiger partial charge < -0.3 is 10.1 Å². The van der Waals surface area contributed by atoms with Crippen LogP contribution in [0.2, 0.25) is 0 Å². The minimum absolute atomic E-state index is 0.106. The number of ketones is 2. The molecule has 2 atom stereocenters. The topological polar surface area (TPSA) is 89.5 Å². The summed E-state index contributed by atoms with van der Waals surface area (Å²) in [7, 11) is 0. The number of alkyl halides is 3. The SMILES string of the molecule is O=C(Nc1cccc(C(F)(F)F)c1)C(=O)[C@@H](C(=O)c1ccc2ccccc2c1)[C@H]1OC(=O)c2ccccc21. The molecule has 0 aromatic heterocycles. The van der Waals surface area contributed by atoms with Crippen LogP contribution in [0.5, 0.6) is 0 Å². The molecule has 1 aliphatic heterocycles. The van der Waals surface area contributed by atoms with Gasteiger partial charge in [0.05, 0.1) is 11.1 Å². The molecule has 0 saturated heterocycles. The van der Waals surface area contributed by atoms with Crippen molar-refractivity contribution in [3.63, 3.8) is 0 Å². The summed E-state index contributed by atoms with van der Waals surface area (Å²) in [6.07, 6.45) is -6.06. The summed E-state index contributed by atoms with van der Waals surface area (Å²) in [4.78, 5) is 52.7. The van der Waals surface area contributed by atoms with E-state index in [-0.39, 0.29) is 22.4 Å². The number of esters is 1. The van der Waals surface area contributed by atoms with Crippen LogP contribution in [0, 0.1) is 5.92 Å². The molecule has 1 aliphatic rings. The van der Waals surface area contributed by atoms with Crippen molar-refractivity contribution in [1.82, 2.24) is 0 Å². The molecule has 4 aromatic carbocycles. The van der Waals surface area contributed by atoms with E-state index in [1.54, 1.807) is 36.4 Å². The highest BCUT2D eigenvalue weighted by Gasteiger charge is 2.46. The third-order valence-corrected chi connectivity index (χ3v) is 6.29. The highest BCUT2D eigenvalue weighted by Crippen LogP contribution is 2.38. The van der Waals surface area contributed by atoms with E-state index in [1.165, 1.54) is 24.3 Å². The molecule has 1 N–H and O–H groups in total. The van der Waals surface area contributed by atoms with Gasteiger partial charge in [-0.2, -0.15) is 13.2 Å². The lowest BCUT2D eigenvalue weighted by Crippen LogP contribution is -2.38. The number of hydrogen-bond acceptors (Lipinski definition) is 5. The molecule has 9 heteroatoms. The minimum atomic E-state index is -4.67. The third-order valence-electron chi connectivity index (χ3n) is 6.29. The highest BCUT2D eigenvalue weighted by atomic mass is 19.4. The summed E-state index contributed by atoms with van der Waals surface area (Å²) in [6, 6.07) is 21.9. The van der Waals surface area contributed by atoms with Gasteiger partial charge in [0.15, 0.2) is 5.78 Å². The molecule has 190 valence electrons. The number of amides is 1. The molecule has 1 amide bonds. The molecule has 4 aromatic rings. The lowest BCUT2D eigenvalue weighted by Gasteiger charge is -2.21. The molecule has 0 aliphatic carbocycles. The molecule has 0 radical (unpaired) electrons. The molecule has 0 bridgehead atoms. The highest BCUT2D eigenvalue weighted by molar-refractivity contribution is 6.45. The van der Waals surface area contributed by atoms with Crippen molar-refractivity contribution in [3.05, 3.63) is 113 Å². The van der Waals surface area contributed by atoms with Crippen molar-refractivity contribution in [1.29, 1.82) is 0 Å². The number of Topliss-reactive ketones (excluding diaryl/α,β-unsaturated/α-hetero) is 2. The van der Waals surface area contributed by atoms with Crippen LogP contribution in [0.1, 0.15) is 37.9 Å². The fourth-order valence-corrected chi connectivity index (χ4v) is 4.44. The smallest absolute Gasteiger partial charge is 0.416 e. The molecule has 0 fully saturated rings. The van der Waals surface area contributed by atoms with Crippen LogP contribution in [0.3, 0.4) is 0 Å². The van der Waals surface area contributed by atoms with Crippen molar-refractivity contribution in [2.24, 2.45) is 5.92 Å².